The summed E-state index contributed by atoms with van der Waals surface area (Å²) in [7, 11) is 0. The van der Waals surface area contributed by atoms with Crippen LogP contribution in [0.15, 0.2) is 168 Å². The van der Waals surface area contributed by atoms with Crippen LogP contribution in [0.1, 0.15) is 0 Å². The maximum Gasteiger partial charge on any atom is 0.238 e. The number of hydrogen-bond acceptors (Lipinski definition) is 6. The van der Waals surface area contributed by atoms with Gasteiger partial charge in [-0.15, -0.1) is 11.3 Å². The second kappa shape index (κ2) is 11.8. The average Bonchev–Trinajstić information content (AvgIpc) is 3.93. The predicted octanol–water partition coefficient (Wildman–Crippen LogP) is 12.1. The molecule has 0 aliphatic carbocycles. The van der Waals surface area contributed by atoms with E-state index in [1.807, 2.05) is 54.6 Å². The minimum absolute atomic E-state index is 0.509. The van der Waals surface area contributed by atoms with Crippen LogP contribution in [0.5, 0.6) is 0 Å². The van der Waals surface area contributed by atoms with Gasteiger partial charge in [0.2, 0.25) is 11.8 Å². The standard InChI is InChI=1S/C46H27N5OS/c1-3-12-28(13-4-1)30-23-25-39-36(26-30)32-16-7-9-20-38(32)51(39)46-49-43(31-22-24-34-33-17-8-10-21-40(33)53-41(34)27-31)48-44(50-46)35-18-11-19-37-42(35)52-45(47-37)29-14-5-2-6-15-29/h1-27H. The molecule has 248 valence electrons. The molecular weight excluding hydrogens is 671 g/mol. The summed E-state index contributed by atoms with van der Waals surface area (Å²) in [6.45, 7) is 0. The molecule has 0 N–H and O–H groups in total. The maximum atomic E-state index is 6.49. The molecule has 0 fully saturated rings. The van der Waals surface area contributed by atoms with Crippen LogP contribution in [-0.4, -0.2) is 24.5 Å². The van der Waals surface area contributed by atoms with Gasteiger partial charge in [0.25, 0.3) is 0 Å². The quantitative estimate of drug-likeness (QED) is 0.179. The Morgan fingerprint density at radius 2 is 1.13 bits per heavy atom. The fraction of sp³-hybridized carbons (Fsp3) is 0. The van der Waals surface area contributed by atoms with Crippen LogP contribution >= 0.6 is 11.3 Å². The molecule has 53 heavy (non-hydrogen) atoms. The van der Waals surface area contributed by atoms with Gasteiger partial charge in [0.1, 0.15) is 5.52 Å². The van der Waals surface area contributed by atoms with Gasteiger partial charge in [0.15, 0.2) is 17.2 Å². The van der Waals surface area contributed by atoms with Gasteiger partial charge in [-0.1, -0.05) is 109 Å². The monoisotopic (exact) mass is 697 g/mol. The summed E-state index contributed by atoms with van der Waals surface area (Å²) in [4.78, 5) is 20.5. The highest BCUT2D eigenvalue weighted by molar-refractivity contribution is 7.25. The third kappa shape index (κ3) is 4.86. The second-order valence-electron chi connectivity index (χ2n) is 13.1. The lowest BCUT2D eigenvalue weighted by molar-refractivity contribution is 0.620. The molecule has 6 nitrogen and oxygen atoms in total. The fourth-order valence-corrected chi connectivity index (χ4v) is 8.55. The first kappa shape index (κ1) is 29.7. The number of para-hydroxylation sites is 2. The summed E-state index contributed by atoms with van der Waals surface area (Å²) in [5.41, 5.74) is 8.28. The Morgan fingerprint density at radius 1 is 0.434 bits per heavy atom. The first-order valence-electron chi connectivity index (χ1n) is 17.5. The molecule has 0 amide bonds. The molecule has 11 rings (SSSR count). The number of rotatable bonds is 5. The Balaban J connectivity index is 1.17. The Morgan fingerprint density at radius 3 is 2.00 bits per heavy atom. The fourth-order valence-electron chi connectivity index (χ4n) is 7.41. The van der Waals surface area contributed by atoms with E-state index in [0.717, 1.165) is 49.6 Å². The number of aromatic nitrogens is 5. The third-order valence-electron chi connectivity index (χ3n) is 9.92. The van der Waals surface area contributed by atoms with Gasteiger partial charge in [0, 0.05) is 42.1 Å². The summed E-state index contributed by atoms with van der Waals surface area (Å²) >= 11 is 1.78. The normalized spacial score (nSPS) is 11.8. The number of nitrogens with zero attached hydrogens (tertiary/aromatic N) is 5. The van der Waals surface area contributed by atoms with Gasteiger partial charge in [-0.2, -0.15) is 9.97 Å². The maximum absolute atomic E-state index is 6.49. The van der Waals surface area contributed by atoms with Crippen LogP contribution in [0.2, 0.25) is 0 Å². The summed E-state index contributed by atoms with van der Waals surface area (Å²) in [5, 5.41) is 4.73. The zero-order chi connectivity index (χ0) is 34.9. The summed E-state index contributed by atoms with van der Waals surface area (Å²) in [6, 6.07) is 56.5. The van der Waals surface area contributed by atoms with Gasteiger partial charge in [0.05, 0.1) is 16.6 Å². The lowest BCUT2D eigenvalue weighted by Crippen LogP contribution is -2.06. The minimum Gasteiger partial charge on any atom is -0.435 e. The summed E-state index contributed by atoms with van der Waals surface area (Å²) in [6.07, 6.45) is 0. The van der Waals surface area contributed by atoms with E-state index in [9.17, 15) is 0 Å². The van der Waals surface area contributed by atoms with Crippen LogP contribution in [0.3, 0.4) is 0 Å². The molecule has 4 heterocycles. The van der Waals surface area contributed by atoms with Crippen molar-refractivity contribution in [1.82, 2.24) is 24.5 Å². The molecule has 0 atom stereocenters. The molecule has 0 unspecified atom stereocenters. The average molecular weight is 698 g/mol. The molecule has 0 bridgehead atoms. The molecule has 0 saturated carbocycles. The molecular formula is C46H27N5OS. The van der Waals surface area contributed by atoms with E-state index in [4.69, 9.17) is 24.4 Å². The van der Waals surface area contributed by atoms with Crippen LogP contribution in [-0.2, 0) is 0 Å². The lowest BCUT2D eigenvalue weighted by Gasteiger charge is -2.11. The van der Waals surface area contributed by atoms with E-state index >= 15 is 0 Å². The summed E-state index contributed by atoms with van der Waals surface area (Å²) in [5.74, 6) is 2.17. The van der Waals surface area contributed by atoms with E-state index < -0.39 is 0 Å². The van der Waals surface area contributed by atoms with Gasteiger partial charge in [-0.25, -0.2) is 9.97 Å². The van der Waals surface area contributed by atoms with Crippen LogP contribution < -0.4 is 0 Å². The van der Waals surface area contributed by atoms with Gasteiger partial charge in [-0.3, -0.25) is 4.57 Å². The molecule has 7 heteroatoms. The summed E-state index contributed by atoms with van der Waals surface area (Å²) < 4.78 is 11.1. The third-order valence-corrected chi connectivity index (χ3v) is 11.1. The molecule has 0 radical (unpaired) electrons. The lowest BCUT2D eigenvalue weighted by atomic mass is 10.0. The first-order valence-corrected chi connectivity index (χ1v) is 18.3. The van der Waals surface area contributed by atoms with Crippen molar-refractivity contribution in [3.63, 3.8) is 0 Å². The topological polar surface area (TPSA) is 69.6 Å². The van der Waals surface area contributed by atoms with E-state index in [1.54, 1.807) is 11.3 Å². The van der Waals surface area contributed by atoms with Gasteiger partial charge >= 0.3 is 0 Å². The zero-order valence-electron chi connectivity index (χ0n) is 28.1. The van der Waals surface area contributed by atoms with Crippen LogP contribution in [0.4, 0.5) is 0 Å². The molecule has 11 aromatic rings. The highest BCUT2D eigenvalue weighted by atomic mass is 32.1. The molecule has 0 saturated heterocycles. The highest BCUT2D eigenvalue weighted by Gasteiger charge is 2.21. The first-order chi connectivity index (χ1) is 26.2. The van der Waals surface area contributed by atoms with Crippen molar-refractivity contribution < 1.29 is 4.42 Å². The molecule has 7 aromatic carbocycles. The Bertz CT molecular complexity index is 3180. The smallest absolute Gasteiger partial charge is 0.238 e. The Labute approximate surface area is 307 Å². The van der Waals surface area contributed by atoms with E-state index in [2.05, 4.69) is 114 Å². The number of oxazole rings is 1. The van der Waals surface area contributed by atoms with Crippen molar-refractivity contribution in [1.29, 1.82) is 0 Å². The van der Waals surface area contributed by atoms with Crippen molar-refractivity contribution in [2.75, 3.05) is 0 Å². The largest absolute Gasteiger partial charge is 0.435 e. The number of hydrogen-bond donors (Lipinski definition) is 0. The molecule has 4 aromatic heterocycles. The van der Waals surface area contributed by atoms with Gasteiger partial charge < -0.3 is 4.42 Å². The van der Waals surface area contributed by atoms with Crippen molar-refractivity contribution >= 4 is 64.4 Å². The highest BCUT2D eigenvalue weighted by Crippen LogP contribution is 2.39. The van der Waals surface area contributed by atoms with Crippen molar-refractivity contribution in [3.8, 4) is 51.3 Å². The Hall–Kier alpha value is -6.96. The molecule has 0 aliphatic heterocycles. The number of thiophene rings is 1. The second-order valence-corrected chi connectivity index (χ2v) is 14.2. The van der Waals surface area contributed by atoms with Crippen LogP contribution in [0, 0.1) is 0 Å². The number of fused-ring (bicyclic) bond motifs is 7. The molecule has 0 spiro atoms. The van der Waals surface area contributed by atoms with E-state index in [-0.39, 0.29) is 0 Å². The Kier molecular flexibility index (Phi) is 6.62. The van der Waals surface area contributed by atoms with Gasteiger partial charge in [-0.05, 0) is 65.7 Å². The SMILES string of the molecule is c1ccc(-c2ccc3c(c2)c2ccccc2n3-c2nc(-c3ccc4c(c3)sc3ccccc34)nc(-c3cccc4nc(-c5ccccc5)oc34)n2)cc1. The van der Waals surface area contributed by atoms with Crippen molar-refractivity contribution in [2.45, 2.75) is 0 Å². The zero-order valence-corrected chi connectivity index (χ0v) is 29.0. The van der Waals surface area contributed by atoms with Crippen LogP contribution in [0.25, 0.3) is 104 Å². The molecule has 0 aliphatic rings. The minimum atomic E-state index is 0.509. The predicted molar refractivity (Wildman–Crippen MR) is 216 cm³/mol. The number of benzene rings is 7. The van der Waals surface area contributed by atoms with Crippen molar-refractivity contribution in [3.05, 3.63) is 164 Å². The van der Waals surface area contributed by atoms with E-state index in [0.29, 0.717) is 29.1 Å². The van der Waals surface area contributed by atoms with E-state index in [1.165, 1.54) is 25.7 Å². The van der Waals surface area contributed by atoms with Crippen molar-refractivity contribution in [2.24, 2.45) is 0 Å².